The molecule has 3 nitrogen and oxygen atoms in total. The van der Waals surface area contributed by atoms with Crippen LogP contribution in [-0.4, -0.2) is 15.3 Å². The van der Waals surface area contributed by atoms with Crippen LogP contribution in [-0.2, 0) is 6.42 Å². The molecule has 1 aromatic heterocycles. The number of hydrogen-bond donors (Lipinski definition) is 0. The summed E-state index contributed by atoms with van der Waals surface area (Å²) < 4.78 is 2.01. The lowest BCUT2D eigenvalue weighted by Gasteiger charge is -2.18. The molecule has 0 saturated carbocycles. The fourth-order valence-electron chi connectivity index (χ4n) is 1.97. The average Bonchev–Trinajstić information content (AvgIpc) is 2.56. The molecule has 0 radical (unpaired) electrons. The molecule has 0 fully saturated rings. The molecule has 0 unspecified atom stereocenters. The Morgan fingerprint density at radius 2 is 1.70 bits per heavy atom. The first-order valence-corrected chi connectivity index (χ1v) is 7.04. The van der Waals surface area contributed by atoms with E-state index in [0.717, 1.165) is 12.1 Å². The Morgan fingerprint density at radius 3 is 2.05 bits per heavy atom. The van der Waals surface area contributed by atoms with Gasteiger partial charge in [0.2, 0.25) is 5.78 Å². The Kier molecular flexibility index (Phi) is 5.77. The lowest BCUT2D eigenvalue weighted by Crippen LogP contribution is -2.24. The molecule has 3 heteroatoms. The topological polar surface area (TPSA) is 34.9 Å². The van der Waals surface area contributed by atoms with E-state index in [-0.39, 0.29) is 24.7 Å². The summed E-state index contributed by atoms with van der Waals surface area (Å²) >= 11 is 0. The fourth-order valence-corrected chi connectivity index (χ4v) is 1.97. The van der Waals surface area contributed by atoms with Crippen molar-refractivity contribution >= 4 is 5.78 Å². The van der Waals surface area contributed by atoms with Gasteiger partial charge < -0.3 is 4.57 Å². The van der Waals surface area contributed by atoms with Crippen LogP contribution in [0.4, 0.5) is 0 Å². The quantitative estimate of drug-likeness (QED) is 0.737. The minimum absolute atomic E-state index is 0. The maximum atomic E-state index is 12.5. The molecule has 1 heterocycles. The lowest BCUT2D eigenvalue weighted by molar-refractivity contribution is 0.0840. The number of ketones is 1. The molecule has 0 aliphatic rings. The Labute approximate surface area is 124 Å². The van der Waals surface area contributed by atoms with Crippen LogP contribution in [0.1, 0.15) is 85.2 Å². The summed E-state index contributed by atoms with van der Waals surface area (Å²) in [5.74, 6) is 0.711. The van der Waals surface area contributed by atoms with Gasteiger partial charge in [0.1, 0.15) is 0 Å². The third-order valence-electron chi connectivity index (χ3n) is 2.93. The van der Waals surface area contributed by atoms with E-state index in [0.29, 0.717) is 5.82 Å². The van der Waals surface area contributed by atoms with E-state index in [1.54, 1.807) is 0 Å². The third kappa shape index (κ3) is 4.77. The van der Waals surface area contributed by atoms with E-state index >= 15 is 0 Å². The molecule has 0 saturated heterocycles. The van der Waals surface area contributed by atoms with Crippen molar-refractivity contribution in [2.75, 3.05) is 0 Å². The van der Waals surface area contributed by atoms with Gasteiger partial charge in [-0.3, -0.25) is 4.79 Å². The third-order valence-corrected chi connectivity index (χ3v) is 2.93. The maximum Gasteiger partial charge on any atom is 0.203 e. The van der Waals surface area contributed by atoms with Gasteiger partial charge in [0.05, 0.1) is 5.69 Å². The van der Waals surface area contributed by atoms with Crippen molar-refractivity contribution < 1.29 is 4.79 Å². The second-order valence-electron chi connectivity index (χ2n) is 7.87. The second kappa shape index (κ2) is 6.11. The molecule has 0 bridgehead atoms. The Hall–Kier alpha value is -1.12. The van der Waals surface area contributed by atoms with Crippen LogP contribution < -0.4 is 0 Å². The van der Waals surface area contributed by atoms with Gasteiger partial charge in [0, 0.05) is 17.7 Å². The molecular formula is C17H32N2O. The first kappa shape index (κ1) is 18.9. The van der Waals surface area contributed by atoms with Crippen LogP contribution in [0.2, 0.25) is 0 Å². The van der Waals surface area contributed by atoms with Crippen molar-refractivity contribution in [3.05, 3.63) is 17.7 Å². The molecule has 0 amide bonds. The summed E-state index contributed by atoms with van der Waals surface area (Å²) in [5.41, 5.74) is 0.795. The predicted molar refractivity (Wildman–Crippen MR) is 86.3 cm³/mol. The highest BCUT2D eigenvalue weighted by molar-refractivity contribution is 5.97. The molecule has 0 spiro atoms. The Balaban J connectivity index is 0.00000361. The van der Waals surface area contributed by atoms with Crippen LogP contribution in [0.25, 0.3) is 0 Å². The van der Waals surface area contributed by atoms with Crippen LogP contribution in [0.5, 0.6) is 0 Å². The van der Waals surface area contributed by atoms with Crippen LogP contribution in [0.15, 0.2) is 6.20 Å². The molecule has 1 aromatic rings. The van der Waals surface area contributed by atoms with Crippen molar-refractivity contribution in [3.8, 4) is 0 Å². The molecule has 0 N–H and O–H groups in total. The highest BCUT2D eigenvalue weighted by atomic mass is 16.1. The zero-order valence-electron chi connectivity index (χ0n) is 13.7. The molecule has 1 rings (SSSR count). The molecule has 0 aliphatic carbocycles. The van der Waals surface area contributed by atoms with Crippen LogP contribution >= 0.6 is 0 Å². The van der Waals surface area contributed by atoms with Gasteiger partial charge in [-0.15, -0.1) is 0 Å². The van der Waals surface area contributed by atoms with E-state index < -0.39 is 5.41 Å². The average molecular weight is 280 g/mol. The smallest absolute Gasteiger partial charge is 0.203 e. The molecule has 0 aliphatic heterocycles. The monoisotopic (exact) mass is 280 g/mol. The standard InChI is InChI=1S/C16H28N2O.CH4/c1-11(2)18-10-12(9-15(3,4)5)17-14(18)13(19)16(6,7)8;/h10-11H,9H2,1-8H3;1H4. The number of hydrogen-bond acceptors (Lipinski definition) is 2. The molecule has 20 heavy (non-hydrogen) atoms. The van der Waals surface area contributed by atoms with Gasteiger partial charge in [-0.05, 0) is 25.7 Å². The Morgan fingerprint density at radius 1 is 1.20 bits per heavy atom. The second-order valence-corrected chi connectivity index (χ2v) is 7.87. The van der Waals surface area contributed by atoms with Crippen molar-refractivity contribution in [2.45, 2.75) is 75.3 Å². The van der Waals surface area contributed by atoms with E-state index in [2.05, 4.69) is 39.6 Å². The highest BCUT2D eigenvalue weighted by Crippen LogP contribution is 2.25. The van der Waals surface area contributed by atoms with Gasteiger partial charge in [-0.2, -0.15) is 0 Å². The summed E-state index contributed by atoms with van der Waals surface area (Å²) in [6, 6.07) is 0.252. The summed E-state index contributed by atoms with van der Waals surface area (Å²) in [6.45, 7) is 16.6. The number of Topliss-reactive ketones (excluding diaryl/α,β-unsaturated/α-hetero) is 1. The van der Waals surface area contributed by atoms with Crippen molar-refractivity contribution in [3.63, 3.8) is 0 Å². The van der Waals surface area contributed by atoms with Crippen LogP contribution in [0, 0.1) is 10.8 Å². The van der Waals surface area contributed by atoms with Gasteiger partial charge in [-0.1, -0.05) is 49.0 Å². The zero-order chi connectivity index (χ0) is 15.0. The number of carbonyl (C=O) groups is 1. The van der Waals surface area contributed by atoms with Crippen molar-refractivity contribution in [1.82, 2.24) is 9.55 Å². The number of carbonyl (C=O) groups excluding carboxylic acids is 1. The van der Waals surface area contributed by atoms with Crippen molar-refractivity contribution in [1.29, 1.82) is 0 Å². The predicted octanol–water partition coefficient (Wildman–Crippen LogP) is 4.92. The molecule has 116 valence electrons. The van der Waals surface area contributed by atoms with Gasteiger partial charge in [0.15, 0.2) is 5.82 Å². The van der Waals surface area contributed by atoms with E-state index in [9.17, 15) is 4.79 Å². The van der Waals surface area contributed by atoms with Gasteiger partial charge in [0.25, 0.3) is 0 Å². The van der Waals surface area contributed by atoms with Crippen LogP contribution in [0.3, 0.4) is 0 Å². The number of rotatable bonds is 3. The summed E-state index contributed by atoms with van der Waals surface area (Å²) in [7, 11) is 0. The van der Waals surface area contributed by atoms with E-state index in [1.807, 2.05) is 31.5 Å². The largest absolute Gasteiger partial charge is 0.326 e. The number of aromatic nitrogens is 2. The first-order chi connectivity index (χ1) is 8.42. The lowest BCUT2D eigenvalue weighted by atomic mass is 9.90. The fraction of sp³-hybridized carbons (Fsp3) is 0.765. The van der Waals surface area contributed by atoms with Gasteiger partial charge >= 0.3 is 0 Å². The van der Waals surface area contributed by atoms with Gasteiger partial charge in [-0.25, -0.2) is 4.98 Å². The summed E-state index contributed by atoms with van der Waals surface area (Å²) in [6.07, 6.45) is 2.92. The summed E-state index contributed by atoms with van der Waals surface area (Å²) in [5, 5.41) is 0. The molecule has 0 atom stereocenters. The van der Waals surface area contributed by atoms with E-state index in [1.165, 1.54) is 0 Å². The SMILES string of the molecule is C.CC(C)n1cc(CC(C)(C)C)nc1C(=O)C(C)(C)C. The number of imidazole rings is 1. The minimum atomic E-state index is -0.392. The number of nitrogens with zero attached hydrogens (tertiary/aromatic N) is 2. The molecular weight excluding hydrogens is 248 g/mol. The Bertz CT molecular complexity index is 456. The first-order valence-electron chi connectivity index (χ1n) is 7.04. The highest BCUT2D eigenvalue weighted by Gasteiger charge is 2.29. The normalized spacial score (nSPS) is 12.4. The molecule has 0 aromatic carbocycles. The van der Waals surface area contributed by atoms with E-state index in [4.69, 9.17) is 0 Å². The summed E-state index contributed by atoms with van der Waals surface area (Å²) in [4.78, 5) is 17.1. The maximum absolute atomic E-state index is 12.5. The zero-order valence-corrected chi connectivity index (χ0v) is 13.7. The van der Waals surface area contributed by atoms with Crippen molar-refractivity contribution in [2.24, 2.45) is 10.8 Å². The minimum Gasteiger partial charge on any atom is -0.326 e.